The molecule has 2 aliphatic heterocycles. The van der Waals surface area contributed by atoms with Crippen LogP contribution in [0, 0.1) is 23.6 Å². The molecule has 0 radical (unpaired) electrons. The van der Waals surface area contributed by atoms with Crippen LogP contribution >= 0.6 is 0 Å². The second-order valence-corrected chi connectivity index (χ2v) is 16.4. The summed E-state index contributed by atoms with van der Waals surface area (Å²) in [4.78, 5) is 26.7. The Morgan fingerprint density at radius 1 is 1.29 bits per heavy atom. The summed E-state index contributed by atoms with van der Waals surface area (Å²) in [5.41, 5.74) is 0.941. The van der Waals surface area contributed by atoms with Gasteiger partial charge in [0.1, 0.15) is 11.9 Å². The molecule has 10 heteroatoms. The van der Waals surface area contributed by atoms with Gasteiger partial charge in [0.2, 0.25) is 5.91 Å². The van der Waals surface area contributed by atoms with Gasteiger partial charge < -0.3 is 24.5 Å². The minimum absolute atomic E-state index is 0.102. The summed E-state index contributed by atoms with van der Waals surface area (Å²) in [6, 6.07) is 4.79. The minimum atomic E-state index is -1.91. The number of rotatable bonds is 8. The van der Waals surface area contributed by atoms with Gasteiger partial charge in [-0.3, -0.25) is 9.69 Å². The molecule has 8 nitrogen and oxygen atoms in total. The predicted octanol–water partition coefficient (Wildman–Crippen LogP) is 3.35. The number of halogens is 1. The highest BCUT2D eigenvalue weighted by Gasteiger charge is 2.59. The van der Waals surface area contributed by atoms with Crippen molar-refractivity contribution in [3.63, 3.8) is 0 Å². The third kappa shape index (κ3) is 5.34. The summed E-state index contributed by atoms with van der Waals surface area (Å²) in [7, 11) is -1.91. The number of amides is 2. The Balaban J connectivity index is 1.31. The van der Waals surface area contributed by atoms with E-state index < -0.39 is 26.6 Å². The topological polar surface area (TPSA) is 91.3 Å². The second-order valence-electron chi connectivity index (χ2n) is 11.6. The molecule has 2 amide bonds. The molecule has 5 atom stereocenters. The van der Waals surface area contributed by atoms with Crippen LogP contribution in [-0.2, 0) is 14.0 Å². The zero-order valence-corrected chi connectivity index (χ0v) is 22.5. The number of carbonyl (C=O) groups excluding carboxylic acids is 2. The third-order valence-electron chi connectivity index (χ3n) is 8.16. The van der Waals surface area contributed by atoms with Crippen LogP contribution in [0.3, 0.4) is 0 Å². The molecular formula is C25H38FN3O5Si. The molecule has 1 aliphatic carbocycles. The highest BCUT2D eigenvalue weighted by atomic mass is 28.4. The van der Waals surface area contributed by atoms with E-state index in [0.29, 0.717) is 42.9 Å². The van der Waals surface area contributed by atoms with E-state index in [0.717, 1.165) is 0 Å². The number of fused-ring (bicyclic) bond motifs is 1. The largest absolute Gasteiger partial charge is 0.442 e. The molecule has 2 saturated heterocycles. The normalized spacial score (nSPS) is 27.0. The fraction of sp³-hybridized carbons (Fsp3) is 0.680. The van der Waals surface area contributed by atoms with Crippen LogP contribution < -0.4 is 15.1 Å². The Kier molecular flexibility index (Phi) is 6.93. The number of ether oxygens (including phenoxy) is 1. The number of cyclic esters (lactones) is 1. The molecule has 35 heavy (non-hydrogen) atoms. The molecule has 0 aromatic heterocycles. The summed E-state index contributed by atoms with van der Waals surface area (Å²) in [5, 5.41) is 13.5. The van der Waals surface area contributed by atoms with Crippen molar-refractivity contribution in [3.05, 3.63) is 24.0 Å². The van der Waals surface area contributed by atoms with Gasteiger partial charge in [-0.15, -0.1) is 0 Å². The number of hydrogen-bond acceptors (Lipinski definition) is 6. The van der Waals surface area contributed by atoms with Crippen LogP contribution in [0.5, 0.6) is 0 Å². The van der Waals surface area contributed by atoms with Crippen molar-refractivity contribution in [2.24, 2.45) is 17.8 Å². The number of nitrogens with zero attached hydrogens (tertiary/aromatic N) is 2. The molecule has 1 aromatic carbocycles. The van der Waals surface area contributed by atoms with Crippen molar-refractivity contribution in [1.29, 1.82) is 0 Å². The molecule has 194 valence electrons. The van der Waals surface area contributed by atoms with Crippen molar-refractivity contribution in [1.82, 2.24) is 5.32 Å². The number of hydrogen-bond donors (Lipinski definition) is 2. The molecule has 2 heterocycles. The van der Waals surface area contributed by atoms with Crippen molar-refractivity contribution in [2.75, 3.05) is 42.6 Å². The molecule has 3 fully saturated rings. The molecule has 0 bridgehead atoms. The highest BCUT2D eigenvalue weighted by molar-refractivity contribution is 6.74. The van der Waals surface area contributed by atoms with E-state index in [-0.39, 0.29) is 35.8 Å². The Morgan fingerprint density at radius 2 is 1.94 bits per heavy atom. The molecule has 2 unspecified atom stereocenters. The number of piperidine rings is 1. The molecule has 1 saturated carbocycles. The first-order valence-electron chi connectivity index (χ1n) is 12.4. The Hall–Kier alpha value is -2.17. The van der Waals surface area contributed by atoms with E-state index in [1.54, 1.807) is 12.1 Å². The predicted molar refractivity (Wildman–Crippen MR) is 135 cm³/mol. The fourth-order valence-electron chi connectivity index (χ4n) is 4.98. The van der Waals surface area contributed by atoms with E-state index in [1.165, 1.54) is 17.9 Å². The van der Waals surface area contributed by atoms with Crippen LogP contribution in [0.15, 0.2) is 18.2 Å². The van der Waals surface area contributed by atoms with Crippen molar-refractivity contribution >= 4 is 31.7 Å². The van der Waals surface area contributed by atoms with E-state index in [2.05, 4.69) is 39.2 Å². The average molecular weight is 508 g/mol. The number of nitrogens with one attached hydrogen (secondary N) is 1. The Labute approximate surface area is 207 Å². The van der Waals surface area contributed by atoms with Crippen LogP contribution in [0.25, 0.3) is 0 Å². The zero-order chi connectivity index (χ0) is 25.7. The highest BCUT2D eigenvalue weighted by Crippen LogP contribution is 2.55. The number of carbonyl (C=O) groups is 2. The molecule has 2 N–H and O–H groups in total. The number of anilines is 2. The van der Waals surface area contributed by atoms with Crippen LogP contribution in [0.4, 0.5) is 20.6 Å². The summed E-state index contributed by atoms with van der Waals surface area (Å²) in [6.07, 6.45) is -1.50. The van der Waals surface area contributed by atoms with Gasteiger partial charge in [0.25, 0.3) is 0 Å². The molecule has 3 aliphatic rings. The Morgan fingerprint density at radius 3 is 2.51 bits per heavy atom. The summed E-state index contributed by atoms with van der Waals surface area (Å²) < 4.78 is 26.5. The van der Waals surface area contributed by atoms with Crippen LogP contribution in [0.2, 0.25) is 18.1 Å². The fourth-order valence-corrected chi connectivity index (χ4v) is 6.00. The quantitative estimate of drug-likeness (QED) is 0.525. The van der Waals surface area contributed by atoms with Crippen LogP contribution in [0.1, 0.15) is 27.7 Å². The number of aliphatic hydroxyl groups excluding tert-OH is 1. The average Bonchev–Trinajstić information content (AvgIpc) is 3.07. The van der Waals surface area contributed by atoms with Gasteiger partial charge in [-0.25, -0.2) is 9.18 Å². The molecule has 1 aromatic rings. The van der Waals surface area contributed by atoms with Gasteiger partial charge >= 0.3 is 6.09 Å². The lowest BCUT2D eigenvalue weighted by Crippen LogP contribution is -2.43. The first-order chi connectivity index (χ1) is 16.3. The van der Waals surface area contributed by atoms with Crippen molar-refractivity contribution in [3.8, 4) is 0 Å². The first kappa shape index (κ1) is 25.9. The molecule has 0 spiro atoms. The van der Waals surface area contributed by atoms with Gasteiger partial charge in [-0.2, -0.15) is 0 Å². The molecule has 4 rings (SSSR count). The van der Waals surface area contributed by atoms with Crippen molar-refractivity contribution < 1.29 is 28.2 Å². The maximum Gasteiger partial charge on any atom is 0.414 e. The standard InChI is InChI=1S/C25H38FN3O5Si/c1-15(30)27-10-17-11-29(24(32)34-17)16-7-8-21(20(26)9-16)28-12-18-19(13-28)23(18)22(31)14-33-35(5,6)25(2,3)4/h7-9,17-19,22-23,31H,10-14H2,1-6H3,(H,27,30)/t17-,18-,19+,22?,23?/m0/s1. The summed E-state index contributed by atoms with van der Waals surface area (Å²) in [6.45, 7) is 14.6. The number of aliphatic hydroxyl groups is 1. The number of benzene rings is 1. The Bertz CT molecular complexity index is 972. The lowest BCUT2D eigenvalue weighted by atomic mass is 10.1. The monoisotopic (exact) mass is 507 g/mol. The third-order valence-corrected chi connectivity index (χ3v) is 12.7. The summed E-state index contributed by atoms with van der Waals surface area (Å²) in [5.74, 6) is 0.306. The maximum absolute atomic E-state index is 15.1. The van der Waals surface area contributed by atoms with E-state index in [4.69, 9.17) is 9.16 Å². The van der Waals surface area contributed by atoms with E-state index >= 15 is 4.39 Å². The van der Waals surface area contributed by atoms with Gasteiger partial charge in [-0.05, 0) is 54.1 Å². The maximum atomic E-state index is 15.1. The first-order valence-corrected chi connectivity index (χ1v) is 15.3. The van der Waals surface area contributed by atoms with Gasteiger partial charge in [0, 0.05) is 20.0 Å². The lowest BCUT2D eigenvalue weighted by Gasteiger charge is -2.37. The zero-order valence-electron chi connectivity index (χ0n) is 21.5. The van der Waals surface area contributed by atoms with Crippen molar-refractivity contribution in [2.45, 2.75) is 58.0 Å². The minimum Gasteiger partial charge on any atom is -0.442 e. The van der Waals surface area contributed by atoms with Gasteiger partial charge in [0.15, 0.2) is 8.32 Å². The summed E-state index contributed by atoms with van der Waals surface area (Å²) >= 11 is 0. The second kappa shape index (κ2) is 9.37. The van der Waals surface area contributed by atoms with E-state index in [9.17, 15) is 14.7 Å². The van der Waals surface area contributed by atoms with Gasteiger partial charge in [-0.1, -0.05) is 20.8 Å². The van der Waals surface area contributed by atoms with E-state index in [1.807, 2.05) is 4.90 Å². The molecular weight excluding hydrogens is 469 g/mol. The van der Waals surface area contributed by atoms with Gasteiger partial charge in [0.05, 0.1) is 37.2 Å². The SMILES string of the molecule is CC(=O)NC[C@H]1CN(c2ccc(N3C[C@@H]4C(C(O)CO[Si](C)(C)C(C)(C)C)[C@@H]4C3)c(F)c2)C(=O)O1. The smallest absolute Gasteiger partial charge is 0.414 e. The lowest BCUT2D eigenvalue weighted by molar-refractivity contribution is -0.119. The van der Waals surface area contributed by atoms with Crippen LogP contribution in [-0.4, -0.2) is 70.4 Å².